The van der Waals surface area contributed by atoms with E-state index in [2.05, 4.69) is 234 Å². The summed E-state index contributed by atoms with van der Waals surface area (Å²) < 4.78 is 17.5. The molecule has 0 aliphatic rings. The number of rotatable bonds is 7. The Morgan fingerprint density at radius 2 is 0.724 bits per heavy atom. The van der Waals surface area contributed by atoms with Gasteiger partial charge in [-0.15, -0.1) is 0 Å². The third-order valence-corrected chi connectivity index (χ3v) is 15.2. The van der Waals surface area contributed by atoms with Gasteiger partial charge in [0.1, 0.15) is 22.3 Å². The molecule has 7 nitrogen and oxygen atoms in total. The molecule has 5 heterocycles. The van der Waals surface area contributed by atoms with E-state index in [1.165, 1.54) is 16.3 Å². The minimum atomic E-state index is 0.525. The minimum Gasteiger partial charge on any atom is -0.455 e. The topological polar surface area (TPSA) is 74.8 Å². The van der Waals surface area contributed by atoms with Crippen LogP contribution in [0, 0.1) is 0 Å². The maximum atomic E-state index is 6.46. The van der Waals surface area contributed by atoms with Crippen LogP contribution in [0.3, 0.4) is 0 Å². The molecule has 5 aromatic heterocycles. The number of hydrogen-bond acceptors (Lipinski definition) is 5. The fraction of sp³-hybridized carbons (Fsp3) is 0. The highest BCUT2D eigenvalue weighted by molar-refractivity contribution is 6.18. The lowest BCUT2D eigenvalue weighted by Crippen LogP contribution is -2.06. The lowest BCUT2D eigenvalue weighted by atomic mass is 9.98. The van der Waals surface area contributed by atoms with Crippen molar-refractivity contribution in [2.45, 2.75) is 0 Å². The first-order valence-corrected chi connectivity index (χ1v) is 25.6. The van der Waals surface area contributed by atoms with E-state index in [9.17, 15) is 0 Å². The number of furan rings is 2. The number of para-hydroxylation sites is 7. The second kappa shape index (κ2) is 16.6. The van der Waals surface area contributed by atoms with E-state index in [4.69, 9.17) is 23.8 Å². The molecule has 0 atom stereocenters. The van der Waals surface area contributed by atoms with Crippen molar-refractivity contribution in [3.05, 3.63) is 249 Å². The molecule has 16 aromatic rings. The van der Waals surface area contributed by atoms with Gasteiger partial charge in [-0.25, -0.2) is 4.98 Å². The standard InChI is InChI=1S/C69H41N5O2/c1-2-15-47(16-3-1)73-58-26-8-4-17-51(58)57-41-46(39-40-60(57)73)48-21-14-28-61-64(48)56-20-5-9-27-59(56)74(61)69-71-67(44-35-31-42(32-36-44)49-22-12-24-54-52-18-6-10-29-62(52)75-65(49)54)70-68(72-69)45-37-33-43(34-38-45)50-23-13-25-55-53-19-7-11-30-63(53)76-66(50)55/h1-41H. The molecule has 76 heavy (non-hydrogen) atoms. The molecule has 0 fully saturated rings. The van der Waals surface area contributed by atoms with Crippen LogP contribution in [0.15, 0.2) is 258 Å². The molecule has 0 aliphatic carbocycles. The highest BCUT2D eigenvalue weighted by Crippen LogP contribution is 2.43. The van der Waals surface area contributed by atoms with Crippen LogP contribution in [0.25, 0.3) is 155 Å². The second-order valence-electron chi connectivity index (χ2n) is 19.5. The predicted molar refractivity (Wildman–Crippen MR) is 310 cm³/mol. The maximum Gasteiger partial charge on any atom is 0.238 e. The number of aromatic nitrogens is 5. The van der Waals surface area contributed by atoms with Gasteiger partial charge >= 0.3 is 0 Å². The zero-order valence-electron chi connectivity index (χ0n) is 40.7. The maximum absolute atomic E-state index is 6.46. The van der Waals surface area contributed by atoms with Gasteiger partial charge in [0.2, 0.25) is 5.95 Å². The molecular weight excluding hydrogens is 931 g/mol. The van der Waals surface area contributed by atoms with Crippen molar-refractivity contribution in [1.82, 2.24) is 24.1 Å². The lowest BCUT2D eigenvalue weighted by Gasteiger charge is -2.12. The van der Waals surface area contributed by atoms with E-state index < -0.39 is 0 Å². The van der Waals surface area contributed by atoms with Crippen LogP contribution in [0.4, 0.5) is 0 Å². The van der Waals surface area contributed by atoms with Crippen LogP contribution in [0.5, 0.6) is 0 Å². The Morgan fingerprint density at radius 3 is 1.34 bits per heavy atom. The molecular formula is C69H41N5O2. The Morgan fingerprint density at radius 1 is 0.276 bits per heavy atom. The molecule has 0 saturated heterocycles. The van der Waals surface area contributed by atoms with E-state index >= 15 is 0 Å². The zero-order valence-corrected chi connectivity index (χ0v) is 40.7. The van der Waals surface area contributed by atoms with Gasteiger partial charge in [0, 0.05) is 71.0 Å². The quantitative estimate of drug-likeness (QED) is 0.159. The van der Waals surface area contributed by atoms with Gasteiger partial charge in [-0.2, -0.15) is 9.97 Å². The van der Waals surface area contributed by atoms with E-state index in [1.807, 2.05) is 24.3 Å². The highest BCUT2D eigenvalue weighted by Gasteiger charge is 2.22. The third kappa shape index (κ3) is 6.46. The molecule has 0 aliphatic heterocycles. The molecule has 0 saturated carbocycles. The zero-order chi connectivity index (χ0) is 49.8. The minimum absolute atomic E-state index is 0.525. The summed E-state index contributed by atoms with van der Waals surface area (Å²) in [5.41, 5.74) is 17.1. The first-order chi connectivity index (χ1) is 37.7. The van der Waals surface area contributed by atoms with Gasteiger partial charge in [-0.3, -0.25) is 4.57 Å². The first-order valence-electron chi connectivity index (χ1n) is 25.6. The second-order valence-corrected chi connectivity index (χ2v) is 19.5. The molecule has 0 unspecified atom stereocenters. The molecule has 0 amide bonds. The van der Waals surface area contributed by atoms with Crippen LogP contribution in [-0.4, -0.2) is 24.1 Å². The van der Waals surface area contributed by atoms with Crippen molar-refractivity contribution in [1.29, 1.82) is 0 Å². The van der Waals surface area contributed by atoms with Gasteiger partial charge in [0.15, 0.2) is 11.6 Å². The van der Waals surface area contributed by atoms with Crippen molar-refractivity contribution in [2.24, 2.45) is 0 Å². The highest BCUT2D eigenvalue weighted by atomic mass is 16.3. The molecule has 16 rings (SSSR count). The summed E-state index contributed by atoms with van der Waals surface area (Å²) in [5.74, 6) is 1.65. The molecule has 0 radical (unpaired) electrons. The Hall–Kier alpha value is -10.4. The third-order valence-electron chi connectivity index (χ3n) is 15.2. The number of hydrogen-bond donors (Lipinski definition) is 0. The predicted octanol–water partition coefficient (Wildman–Crippen LogP) is 18.2. The van der Waals surface area contributed by atoms with Gasteiger partial charge in [-0.1, -0.05) is 194 Å². The Labute approximate surface area is 434 Å². The van der Waals surface area contributed by atoms with E-state index in [0.717, 1.165) is 121 Å². The fourth-order valence-corrected chi connectivity index (χ4v) is 11.7. The van der Waals surface area contributed by atoms with Gasteiger partial charge in [0.05, 0.1) is 22.1 Å². The van der Waals surface area contributed by atoms with Crippen LogP contribution in [0.2, 0.25) is 0 Å². The fourth-order valence-electron chi connectivity index (χ4n) is 11.7. The lowest BCUT2D eigenvalue weighted by molar-refractivity contribution is 0.669. The van der Waals surface area contributed by atoms with Crippen molar-refractivity contribution in [3.63, 3.8) is 0 Å². The van der Waals surface area contributed by atoms with Crippen LogP contribution in [-0.2, 0) is 0 Å². The largest absolute Gasteiger partial charge is 0.455 e. The summed E-state index contributed by atoms with van der Waals surface area (Å²) in [5, 5.41) is 9.03. The summed E-state index contributed by atoms with van der Waals surface area (Å²) in [4.78, 5) is 16.1. The van der Waals surface area contributed by atoms with E-state index in [-0.39, 0.29) is 0 Å². The Kier molecular flexibility index (Phi) is 9.20. The van der Waals surface area contributed by atoms with E-state index in [0.29, 0.717) is 17.6 Å². The number of fused-ring (bicyclic) bond motifs is 12. The van der Waals surface area contributed by atoms with Crippen LogP contribution in [0.1, 0.15) is 0 Å². The Bertz CT molecular complexity index is 4810. The molecule has 7 heteroatoms. The first kappa shape index (κ1) is 42.2. The average molecular weight is 972 g/mol. The van der Waals surface area contributed by atoms with Crippen molar-refractivity contribution in [3.8, 4) is 67.8 Å². The monoisotopic (exact) mass is 971 g/mol. The smallest absolute Gasteiger partial charge is 0.238 e. The molecule has 0 N–H and O–H groups in total. The van der Waals surface area contributed by atoms with Crippen molar-refractivity contribution in [2.75, 3.05) is 0 Å². The molecule has 11 aromatic carbocycles. The van der Waals surface area contributed by atoms with Gasteiger partial charge in [0.25, 0.3) is 0 Å². The van der Waals surface area contributed by atoms with Crippen molar-refractivity contribution >= 4 is 87.5 Å². The van der Waals surface area contributed by atoms with Gasteiger partial charge < -0.3 is 13.4 Å². The SMILES string of the molecule is c1ccc(-n2c3ccccc3c3cc(-c4cccc5c4c4ccccc4n5-c4nc(-c5ccc(-c6cccc7c6oc6ccccc67)cc5)nc(-c5ccc(-c6cccc7c6oc6ccccc67)cc5)n4)ccc32)cc1. The number of benzene rings is 11. The molecule has 354 valence electrons. The summed E-state index contributed by atoms with van der Waals surface area (Å²) in [7, 11) is 0. The van der Waals surface area contributed by atoms with Gasteiger partial charge in [-0.05, 0) is 76.9 Å². The normalized spacial score (nSPS) is 11.9. The van der Waals surface area contributed by atoms with Crippen LogP contribution >= 0.6 is 0 Å². The summed E-state index contributed by atoms with van der Waals surface area (Å²) >= 11 is 0. The Balaban J connectivity index is 0.867. The average Bonchev–Trinajstić information content (AvgIpc) is 4.35. The summed E-state index contributed by atoms with van der Waals surface area (Å²) in [6, 6.07) is 87.4. The summed E-state index contributed by atoms with van der Waals surface area (Å²) in [6.45, 7) is 0. The van der Waals surface area contributed by atoms with E-state index in [1.54, 1.807) is 0 Å². The number of nitrogens with zero attached hydrogens (tertiary/aromatic N) is 5. The molecule has 0 spiro atoms. The van der Waals surface area contributed by atoms with Crippen LogP contribution < -0.4 is 0 Å². The van der Waals surface area contributed by atoms with Crippen molar-refractivity contribution < 1.29 is 8.83 Å². The summed E-state index contributed by atoms with van der Waals surface area (Å²) in [6.07, 6.45) is 0. The molecule has 0 bridgehead atoms.